The average Bonchev–Trinajstić information content (AvgIpc) is 3.39. The number of hydrogen-bond acceptors (Lipinski definition) is 5. The molecule has 7 heteroatoms. The van der Waals surface area contributed by atoms with Gasteiger partial charge in [0, 0.05) is 11.9 Å². The molecular weight excluding hydrogens is 408 g/mol. The van der Waals surface area contributed by atoms with Crippen LogP contribution < -0.4 is 14.8 Å². The van der Waals surface area contributed by atoms with Crippen LogP contribution in [0.2, 0.25) is 4.34 Å². The van der Waals surface area contributed by atoms with Gasteiger partial charge < -0.3 is 14.8 Å². The maximum Gasteiger partial charge on any atom is 0.252 e. The quantitative estimate of drug-likeness (QED) is 0.486. The highest BCUT2D eigenvalue weighted by atomic mass is 35.5. The zero-order chi connectivity index (χ0) is 19.8. The Labute approximate surface area is 175 Å². The lowest BCUT2D eigenvalue weighted by Gasteiger charge is -2.10. The molecule has 5 nitrogen and oxygen atoms in total. The van der Waals surface area contributed by atoms with Crippen molar-refractivity contribution in [1.29, 1.82) is 0 Å². The molecule has 0 spiro atoms. The maximum absolute atomic E-state index is 13.0. The van der Waals surface area contributed by atoms with Gasteiger partial charge in [0.15, 0.2) is 11.5 Å². The number of rotatable bonds is 4. The molecule has 0 aliphatic carbocycles. The molecule has 0 atom stereocenters. The van der Waals surface area contributed by atoms with Crippen molar-refractivity contribution in [3.8, 4) is 22.1 Å². The molecule has 1 amide bonds. The highest BCUT2D eigenvalue weighted by Crippen LogP contribution is 2.33. The molecule has 0 radical (unpaired) electrons. The van der Waals surface area contributed by atoms with E-state index in [1.807, 2.05) is 60.7 Å². The van der Waals surface area contributed by atoms with Crippen molar-refractivity contribution in [1.82, 2.24) is 10.3 Å². The molecule has 4 aromatic rings. The molecule has 0 fully saturated rings. The van der Waals surface area contributed by atoms with E-state index in [1.165, 1.54) is 11.3 Å². The third-order valence-corrected chi connectivity index (χ3v) is 5.93. The number of carbonyl (C=O) groups excluding carboxylic acids is 1. The summed E-state index contributed by atoms with van der Waals surface area (Å²) >= 11 is 7.52. The second-order valence-corrected chi connectivity index (χ2v) is 8.26. The number of carbonyl (C=O) groups is 1. The van der Waals surface area contributed by atoms with Crippen molar-refractivity contribution in [2.24, 2.45) is 0 Å². The minimum Gasteiger partial charge on any atom is -0.454 e. The van der Waals surface area contributed by atoms with Crippen LogP contribution in [0.5, 0.6) is 11.5 Å². The molecule has 144 valence electrons. The predicted molar refractivity (Wildman–Crippen MR) is 114 cm³/mol. The first-order chi connectivity index (χ1) is 14.2. The fourth-order valence-electron chi connectivity index (χ4n) is 3.27. The van der Waals surface area contributed by atoms with E-state index in [9.17, 15) is 4.79 Å². The van der Waals surface area contributed by atoms with E-state index in [-0.39, 0.29) is 12.7 Å². The van der Waals surface area contributed by atoms with E-state index >= 15 is 0 Å². The third-order valence-electron chi connectivity index (χ3n) is 4.68. The first-order valence-corrected chi connectivity index (χ1v) is 10.2. The standard InChI is InChI=1S/C22H15ClN2O3S/c23-21-8-7-20(29-21)17-10-15(14-3-1-2-4-16(14)25-17)22(26)24-11-13-5-6-18-19(9-13)28-12-27-18/h1-10H,11-12H2,(H,24,26). The summed E-state index contributed by atoms with van der Waals surface area (Å²) in [5.74, 6) is 1.26. The second kappa shape index (κ2) is 7.39. The van der Waals surface area contributed by atoms with Crippen molar-refractivity contribution in [2.45, 2.75) is 6.54 Å². The predicted octanol–water partition coefficient (Wildman–Crippen LogP) is 5.28. The van der Waals surface area contributed by atoms with Crippen molar-refractivity contribution >= 4 is 39.7 Å². The third kappa shape index (κ3) is 3.52. The Balaban J connectivity index is 1.46. The molecule has 0 saturated carbocycles. The number of pyridine rings is 1. The number of halogens is 1. The Hall–Kier alpha value is -3.09. The van der Waals surface area contributed by atoms with Crippen molar-refractivity contribution in [2.75, 3.05) is 6.79 Å². The van der Waals surface area contributed by atoms with Crippen molar-refractivity contribution < 1.29 is 14.3 Å². The number of thiophene rings is 1. The lowest BCUT2D eigenvalue weighted by Crippen LogP contribution is -2.23. The SMILES string of the molecule is O=C(NCc1ccc2c(c1)OCO2)c1cc(-c2ccc(Cl)s2)nc2ccccc12. The topological polar surface area (TPSA) is 60.5 Å². The van der Waals surface area contributed by atoms with Gasteiger partial charge in [-0.15, -0.1) is 11.3 Å². The molecule has 1 N–H and O–H groups in total. The van der Waals surface area contributed by atoms with Gasteiger partial charge in [-0.1, -0.05) is 35.9 Å². The van der Waals surface area contributed by atoms with Crippen LogP contribution in [0.1, 0.15) is 15.9 Å². The highest BCUT2D eigenvalue weighted by molar-refractivity contribution is 7.19. The van der Waals surface area contributed by atoms with Gasteiger partial charge in [-0.3, -0.25) is 4.79 Å². The summed E-state index contributed by atoms with van der Waals surface area (Å²) in [6.07, 6.45) is 0. The number of para-hydroxylation sites is 1. The van der Waals surface area contributed by atoms with Crippen molar-refractivity contribution in [3.63, 3.8) is 0 Å². The molecule has 29 heavy (non-hydrogen) atoms. The number of aromatic nitrogens is 1. The summed E-state index contributed by atoms with van der Waals surface area (Å²) in [6, 6.07) is 18.8. The molecule has 3 heterocycles. The summed E-state index contributed by atoms with van der Waals surface area (Å²) in [4.78, 5) is 18.7. The Bertz CT molecular complexity index is 1240. The Morgan fingerprint density at radius 2 is 1.93 bits per heavy atom. The van der Waals surface area contributed by atoms with Gasteiger partial charge in [-0.05, 0) is 42.0 Å². The normalized spacial score (nSPS) is 12.3. The van der Waals surface area contributed by atoms with Gasteiger partial charge in [-0.25, -0.2) is 4.98 Å². The number of benzene rings is 2. The maximum atomic E-state index is 13.0. The molecule has 0 unspecified atom stereocenters. The molecule has 2 aromatic heterocycles. The van der Waals surface area contributed by atoms with Crippen LogP contribution in [-0.2, 0) is 6.54 Å². The summed E-state index contributed by atoms with van der Waals surface area (Å²) in [6.45, 7) is 0.607. The Morgan fingerprint density at radius 1 is 1.07 bits per heavy atom. The molecule has 1 aliphatic heterocycles. The molecule has 2 aromatic carbocycles. The Morgan fingerprint density at radius 3 is 2.79 bits per heavy atom. The van der Waals surface area contributed by atoms with Gasteiger partial charge in [0.2, 0.25) is 6.79 Å². The molecule has 1 aliphatic rings. The number of hydrogen-bond donors (Lipinski definition) is 1. The summed E-state index contributed by atoms with van der Waals surface area (Å²) < 4.78 is 11.4. The summed E-state index contributed by atoms with van der Waals surface area (Å²) in [7, 11) is 0. The zero-order valence-corrected chi connectivity index (χ0v) is 16.7. The minimum atomic E-state index is -0.162. The number of fused-ring (bicyclic) bond motifs is 2. The van der Waals surface area contributed by atoms with Crippen LogP contribution >= 0.6 is 22.9 Å². The van der Waals surface area contributed by atoms with Crippen LogP contribution in [0.15, 0.2) is 60.7 Å². The van der Waals surface area contributed by atoms with Gasteiger partial charge in [0.25, 0.3) is 5.91 Å². The monoisotopic (exact) mass is 422 g/mol. The van der Waals surface area contributed by atoms with E-state index in [4.69, 9.17) is 26.1 Å². The van der Waals surface area contributed by atoms with Gasteiger partial charge in [0.05, 0.1) is 26.0 Å². The first-order valence-electron chi connectivity index (χ1n) is 8.99. The fraction of sp³-hybridized carbons (Fsp3) is 0.0909. The zero-order valence-electron chi connectivity index (χ0n) is 15.1. The Kier molecular flexibility index (Phi) is 4.58. The van der Waals surface area contributed by atoms with E-state index < -0.39 is 0 Å². The van der Waals surface area contributed by atoms with Gasteiger partial charge in [-0.2, -0.15) is 0 Å². The summed E-state index contributed by atoms with van der Waals surface area (Å²) in [5, 5.41) is 3.80. The van der Waals surface area contributed by atoms with Crippen molar-refractivity contribution in [3.05, 3.63) is 76.1 Å². The summed E-state index contributed by atoms with van der Waals surface area (Å²) in [5.41, 5.74) is 3.01. The van der Waals surface area contributed by atoms with Crippen LogP contribution in [0, 0.1) is 0 Å². The van der Waals surface area contributed by atoms with Crippen LogP contribution in [0.25, 0.3) is 21.5 Å². The smallest absolute Gasteiger partial charge is 0.252 e. The van der Waals surface area contributed by atoms with Crippen LogP contribution in [-0.4, -0.2) is 17.7 Å². The van der Waals surface area contributed by atoms with E-state index in [0.29, 0.717) is 22.2 Å². The number of ether oxygens (including phenoxy) is 2. The number of nitrogens with one attached hydrogen (secondary N) is 1. The lowest BCUT2D eigenvalue weighted by atomic mass is 10.1. The van der Waals surface area contributed by atoms with Gasteiger partial charge >= 0.3 is 0 Å². The average molecular weight is 423 g/mol. The largest absolute Gasteiger partial charge is 0.454 e. The highest BCUT2D eigenvalue weighted by Gasteiger charge is 2.16. The minimum absolute atomic E-state index is 0.162. The molecule has 0 bridgehead atoms. The van der Waals surface area contributed by atoms with Crippen LogP contribution in [0.4, 0.5) is 0 Å². The molecular formula is C22H15ClN2O3S. The van der Waals surface area contributed by atoms with E-state index in [0.717, 1.165) is 32.8 Å². The van der Waals surface area contributed by atoms with Crippen LogP contribution in [0.3, 0.4) is 0 Å². The second-order valence-electron chi connectivity index (χ2n) is 6.55. The number of amides is 1. The molecule has 0 saturated heterocycles. The lowest BCUT2D eigenvalue weighted by molar-refractivity contribution is 0.0952. The van der Waals surface area contributed by atoms with E-state index in [2.05, 4.69) is 5.32 Å². The first kappa shape index (κ1) is 18.0. The molecule has 5 rings (SSSR count). The van der Waals surface area contributed by atoms with Gasteiger partial charge in [0.1, 0.15) is 0 Å². The number of nitrogens with zero attached hydrogens (tertiary/aromatic N) is 1. The van der Waals surface area contributed by atoms with E-state index in [1.54, 1.807) is 0 Å². The fourth-order valence-corrected chi connectivity index (χ4v) is 4.27.